The largest absolute Gasteiger partial charge is 0.493 e. The summed E-state index contributed by atoms with van der Waals surface area (Å²) in [7, 11) is 1.64. The fourth-order valence-corrected chi connectivity index (χ4v) is 3.37. The lowest BCUT2D eigenvalue weighted by Gasteiger charge is -2.34. The molecule has 24 heavy (non-hydrogen) atoms. The molecule has 0 aliphatic carbocycles. The molecule has 1 N–H and O–H groups in total. The van der Waals surface area contributed by atoms with Gasteiger partial charge in [-0.1, -0.05) is 12.1 Å². The molecular weight excluding hydrogens is 308 g/mol. The summed E-state index contributed by atoms with van der Waals surface area (Å²) in [6.07, 6.45) is 2.86. The van der Waals surface area contributed by atoms with Crippen molar-refractivity contribution in [3.63, 3.8) is 0 Å². The Bertz CT molecular complexity index is 570. The van der Waals surface area contributed by atoms with Gasteiger partial charge in [0.15, 0.2) is 11.5 Å². The van der Waals surface area contributed by atoms with Gasteiger partial charge in [0.2, 0.25) is 0 Å². The second-order valence-electron chi connectivity index (χ2n) is 6.25. The predicted octanol–water partition coefficient (Wildman–Crippen LogP) is 2.21. The third kappa shape index (κ3) is 3.75. The number of amides is 2. The van der Waals surface area contributed by atoms with E-state index in [0.717, 1.165) is 56.0 Å². The van der Waals surface area contributed by atoms with Crippen molar-refractivity contribution >= 4 is 6.03 Å². The number of nitrogens with zero attached hydrogens (tertiary/aromatic N) is 1. The van der Waals surface area contributed by atoms with Crippen LogP contribution < -0.4 is 14.8 Å². The summed E-state index contributed by atoms with van der Waals surface area (Å²) in [5, 5.41) is 3.09. The van der Waals surface area contributed by atoms with Crippen molar-refractivity contribution in [1.82, 2.24) is 10.2 Å². The van der Waals surface area contributed by atoms with Gasteiger partial charge in [0, 0.05) is 25.3 Å². The van der Waals surface area contributed by atoms with Crippen LogP contribution in [0.3, 0.4) is 0 Å². The lowest BCUT2D eigenvalue weighted by molar-refractivity contribution is 0.0216. The molecule has 6 nitrogen and oxygen atoms in total. The van der Waals surface area contributed by atoms with Crippen LogP contribution in [0.5, 0.6) is 11.5 Å². The van der Waals surface area contributed by atoms with E-state index in [2.05, 4.69) is 5.32 Å². The highest BCUT2D eigenvalue weighted by molar-refractivity contribution is 5.74. The number of benzene rings is 1. The van der Waals surface area contributed by atoms with Gasteiger partial charge < -0.3 is 24.4 Å². The Kier molecular flexibility index (Phi) is 5.45. The summed E-state index contributed by atoms with van der Waals surface area (Å²) in [6, 6.07) is 5.83. The van der Waals surface area contributed by atoms with Crippen LogP contribution in [0.15, 0.2) is 18.2 Å². The van der Waals surface area contributed by atoms with E-state index >= 15 is 0 Å². The van der Waals surface area contributed by atoms with Crippen LogP contribution in [0.4, 0.5) is 4.79 Å². The number of ether oxygens (including phenoxy) is 3. The van der Waals surface area contributed by atoms with Crippen molar-refractivity contribution in [2.24, 2.45) is 0 Å². The van der Waals surface area contributed by atoms with Crippen LogP contribution in [0.2, 0.25) is 0 Å². The van der Waals surface area contributed by atoms with E-state index in [9.17, 15) is 4.79 Å². The summed E-state index contributed by atoms with van der Waals surface area (Å²) in [5.41, 5.74) is 1.07. The van der Waals surface area contributed by atoms with E-state index in [-0.39, 0.29) is 18.2 Å². The smallest absolute Gasteiger partial charge is 0.317 e. The number of likely N-dealkylation sites (tertiary alicyclic amines) is 1. The van der Waals surface area contributed by atoms with Gasteiger partial charge in [-0.2, -0.15) is 0 Å². The van der Waals surface area contributed by atoms with Crippen molar-refractivity contribution in [1.29, 1.82) is 0 Å². The molecule has 0 bridgehead atoms. The topological polar surface area (TPSA) is 60.0 Å². The SMILES string of the molecule is CCOC1CCN(C(=O)NC2COc3c(cccc3OC)C2)CC1. The van der Waals surface area contributed by atoms with Crippen molar-refractivity contribution in [2.75, 3.05) is 33.4 Å². The molecule has 2 heterocycles. The minimum Gasteiger partial charge on any atom is -0.493 e. The van der Waals surface area contributed by atoms with Gasteiger partial charge in [-0.25, -0.2) is 4.79 Å². The highest BCUT2D eigenvalue weighted by atomic mass is 16.5. The number of piperidine rings is 1. The molecule has 0 aromatic heterocycles. The first kappa shape index (κ1) is 16.9. The Morgan fingerprint density at radius 3 is 2.88 bits per heavy atom. The molecule has 0 saturated carbocycles. The number of urea groups is 1. The molecular formula is C18H26N2O4. The van der Waals surface area contributed by atoms with E-state index in [0.29, 0.717) is 6.61 Å². The van der Waals surface area contributed by atoms with Gasteiger partial charge >= 0.3 is 6.03 Å². The molecule has 2 aliphatic rings. The molecule has 1 atom stereocenters. The van der Waals surface area contributed by atoms with Crippen molar-refractivity contribution < 1.29 is 19.0 Å². The van der Waals surface area contributed by atoms with Crippen LogP contribution in [-0.4, -0.2) is 56.5 Å². The molecule has 1 fully saturated rings. The molecule has 132 valence electrons. The highest BCUT2D eigenvalue weighted by Gasteiger charge is 2.27. The molecule has 6 heteroatoms. The summed E-state index contributed by atoms with van der Waals surface area (Å²) in [4.78, 5) is 14.3. The molecule has 0 radical (unpaired) electrons. The van der Waals surface area contributed by atoms with Crippen LogP contribution in [0.1, 0.15) is 25.3 Å². The van der Waals surface area contributed by atoms with Gasteiger partial charge in [0.1, 0.15) is 6.61 Å². The average Bonchev–Trinajstić information content (AvgIpc) is 2.62. The first-order chi connectivity index (χ1) is 11.7. The van der Waals surface area contributed by atoms with E-state index in [1.165, 1.54) is 0 Å². The predicted molar refractivity (Wildman–Crippen MR) is 90.7 cm³/mol. The number of carbonyl (C=O) groups excluding carboxylic acids is 1. The number of carbonyl (C=O) groups is 1. The van der Waals surface area contributed by atoms with Crippen LogP contribution in [0.25, 0.3) is 0 Å². The second-order valence-corrected chi connectivity index (χ2v) is 6.25. The minimum atomic E-state index is -0.0123. The molecule has 2 amide bonds. The maximum atomic E-state index is 12.5. The first-order valence-electron chi connectivity index (χ1n) is 8.67. The number of methoxy groups -OCH3 is 1. The Morgan fingerprint density at radius 1 is 1.38 bits per heavy atom. The monoisotopic (exact) mass is 334 g/mol. The zero-order valence-electron chi connectivity index (χ0n) is 14.4. The Labute approximate surface area is 143 Å². The summed E-state index contributed by atoms with van der Waals surface area (Å²) < 4.78 is 16.8. The van der Waals surface area contributed by atoms with Crippen molar-refractivity contribution in [2.45, 2.75) is 38.3 Å². The number of hydrogen-bond donors (Lipinski definition) is 1. The summed E-state index contributed by atoms with van der Waals surface area (Å²) in [5.74, 6) is 1.54. The number of fused-ring (bicyclic) bond motifs is 1. The average molecular weight is 334 g/mol. The Hall–Kier alpha value is -1.95. The number of nitrogens with one attached hydrogen (secondary N) is 1. The van der Waals surface area contributed by atoms with Gasteiger partial charge in [-0.05, 0) is 32.3 Å². The van der Waals surface area contributed by atoms with Gasteiger partial charge in [0.25, 0.3) is 0 Å². The fraction of sp³-hybridized carbons (Fsp3) is 0.611. The van der Waals surface area contributed by atoms with E-state index in [4.69, 9.17) is 14.2 Å². The van der Waals surface area contributed by atoms with Crippen LogP contribution in [0, 0.1) is 0 Å². The maximum absolute atomic E-state index is 12.5. The van der Waals surface area contributed by atoms with E-state index in [1.807, 2.05) is 30.0 Å². The van der Waals surface area contributed by atoms with Gasteiger partial charge in [-0.3, -0.25) is 0 Å². The third-order valence-electron chi connectivity index (χ3n) is 4.63. The number of rotatable bonds is 4. The second kappa shape index (κ2) is 7.75. The van der Waals surface area contributed by atoms with Gasteiger partial charge in [-0.15, -0.1) is 0 Å². The van der Waals surface area contributed by atoms with Crippen LogP contribution in [-0.2, 0) is 11.2 Å². The Morgan fingerprint density at radius 2 is 2.17 bits per heavy atom. The zero-order chi connectivity index (χ0) is 16.9. The zero-order valence-corrected chi connectivity index (χ0v) is 14.4. The molecule has 1 unspecified atom stereocenters. The lowest BCUT2D eigenvalue weighted by Crippen LogP contribution is -2.51. The number of para-hydroxylation sites is 1. The Balaban J connectivity index is 1.53. The third-order valence-corrected chi connectivity index (χ3v) is 4.63. The first-order valence-corrected chi connectivity index (χ1v) is 8.67. The van der Waals surface area contributed by atoms with E-state index < -0.39 is 0 Å². The molecule has 1 aromatic rings. The molecule has 1 aromatic carbocycles. The molecule has 1 saturated heterocycles. The molecule has 3 rings (SSSR count). The van der Waals surface area contributed by atoms with Crippen LogP contribution >= 0.6 is 0 Å². The normalized spacial score (nSPS) is 20.9. The standard InChI is InChI=1S/C18H26N2O4/c1-3-23-15-7-9-20(10-8-15)18(21)19-14-11-13-5-4-6-16(22-2)17(13)24-12-14/h4-6,14-15H,3,7-12H2,1-2H3,(H,19,21). The van der Waals surface area contributed by atoms with Crippen molar-refractivity contribution in [3.05, 3.63) is 23.8 Å². The maximum Gasteiger partial charge on any atom is 0.317 e. The van der Waals surface area contributed by atoms with Gasteiger partial charge in [0.05, 0.1) is 19.3 Å². The lowest BCUT2D eigenvalue weighted by atomic mass is 10.0. The minimum absolute atomic E-state index is 0.00936. The summed E-state index contributed by atoms with van der Waals surface area (Å²) >= 11 is 0. The summed E-state index contributed by atoms with van der Waals surface area (Å²) in [6.45, 7) is 4.70. The molecule has 0 spiro atoms. The molecule has 2 aliphatic heterocycles. The van der Waals surface area contributed by atoms with Crippen molar-refractivity contribution in [3.8, 4) is 11.5 Å². The number of hydrogen-bond acceptors (Lipinski definition) is 4. The fourth-order valence-electron chi connectivity index (χ4n) is 3.37. The highest BCUT2D eigenvalue weighted by Crippen LogP contribution is 2.34. The van der Waals surface area contributed by atoms with E-state index in [1.54, 1.807) is 7.11 Å². The quantitative estimate of drug-likeness (QED) is 0.917.